The van der Waals surface area contributed by atoms with Gasteiger partial charge in [0.1, 0.15) is 5.75 Å². The Bertz CT molecular complexity index is 820. The highest BCUT2D eigenvalue weighted by Gasteiger charge is 2.35. The monoisotopic (exact) mass is 381 g/mol. The van der Waals surface area contributed by atoms with Gasteiger partial charge in [-0.2, -0.15) is 0 Å². The first kappa shape index (κ1) is 15.4. The Morgan fingerprint density at radius 1 is 1.23 bits per heavy atom. The summed E-state index contributed by atoms with van der Waals surface area (Å²) in [4.78, 5) is 0.253. The van der Waals surface area contributed by atoms with Crippen molar-refractivity contribution in [3.63, 3.8) is 0 Å². The molecule has 4 nitrogen and oxygen atoms in total. The summed E-state index contributed by atoms with van der Waals surface area (Å²) >= 11 is 3.35. The summed E-state index contributed by atoms with van der Waals surface area (Å²) < 4.78 is 33.3. The average molecular weight is 382 g/mol. The zero-order valence-electron chi connectivity index (χ0n) is 12.3. The van der Waals surface area contributed by atoms with Crippen LogP contribution in [0, 0.1) is 0 Å². The van der Waals surface area contributed by atoms with Crippen molar-refractivity contribution in [1.82, 2.24) is 0 Å². The SMILES string of the molecule is COc1ccc(S(=O)(=O)N2c3ccccc3C[C@H]2C)cc1Br. The van der Waals surface area contributed by atoms with Gasteiger partial charge >= 0.3 is 0 Å². The lowest BCUT2D eigenvalue weighted by molar-refractivity contribution is 0.411. The minimum Gasteiger partial charge on any atom is -0.496 e. The fraction of sp³-hybridized carbons (Fsp3) is 0.250. The van der Waals surface area contributed by atoms with Crippen LogP contribution in [-0.2, 0) is 16.4 Å². The van der Waals surface area contributed by atoms with Gasteiger partial charge in [-0.15, -0.1) is 0 Å². The molecule has 0 saturated heterocycles. The molecule has 1 atom stereocenters. The molecule has 0 N–H and O–H groups in total. The summed E-state index contributed by atoms with van der Waals surface area (Å²) in [6, 6.07) is 12.4. The predicted octanol–water partition coefficient (Wildman–Crippen LogP) is 3.60. The fourth-order valence-corrected chi connectivity index (χ4v) is 5.24. The van der Waals surface area contributed by atoms with E-state index in [4.69, 9.17) is 4.74 Å². The van der Waals surface area contributed by atoms with E-state index in [1.165, 1.54) is 4.31 Å². The maximum absolute atomic E-state index is 13.0. The van der Waals surface area contributed by atoms with E-state index in [0.29, 0.717) is 10.2 Å². The minimum absolute atomic E-state index is 0.0942. The number of sulfonamides is 1. The summed E-state index contributed by atoms with van der Waals surface area (Å²) in [6.45, 7) is 1.93. The first-order valence-electron chi connectivity index (χ1n) is 6.91. The van der Waals surface area contributed by atoms with Gasteiger partial charge in [0.25, 0.3) is 10.0 Å². The highest BCUT2D eigenvalue weighted by molar-refractivity contribution is 9.10. The molecule has 0 fully saturated rings. The van der Waals surface area contributed by atoms with Crippen LogP contribution in [0.5, 0.6) is 5.75 Å². The van der Waals surface area contributed by atoms with Crippen LogP contribution in [0.2, 0.25) is 0 Å². The van der Waals surface area contributed by atoms with E-state index in [0.717, 1.165) is 17.7 Å². The first-order valence-corrected chi connectivity index (χ1v) is 9.14. The van der Waals surface area contributed by atoms with Crippen LogP contribution < -0.4 is 9.04 Å². The number of benzene rings is 2. The Balaban J connectivity index is 2.09. The summed E-state index contributed by atoms with van der Waals surface area (Å²) in [5, 5.41) is 0. The number of hydrogen-bond acceptors (Lipinski definition) is 3. The molecular weight excluding hydrogens is 366 g/mol. The number of methoxy groups -OCH3 is 1. The largest absolute Gasteiger partial charge is 0.496 e. The standard InChI is InChI=1S/C16H16BrNO3S/c1-11-9-12-5-3-4-6-15(12)18(11)22(19,20)13-7-8-16(21-2)14(17)10-13/h3-8,10-11H,9H2,1-2H3/t11-/m1/s1. The second kappa shape index (κ2) is 5.59. The van der Waals surface area contributed by atoms with E-state index in [1.807, 2.05) is 31.2 Å². The van der Waals surface area contributed by atoms with E-state index >= 15 is 0 Å². The van der Waals surface area contributed by atoms with Crippen molar-refractivity contribution in [3.8, 4) is 5.75 Å². The van der Waals surface area contributed by atoms with E-state index in [-0.39, 0.29) is 10.9 Å². The number of fused-ring (bicyclic) bond motifs is 1. The number of nitrogens with zero attached hydrogens (tertiary/aromatic N) is 1. The third-order valence-corrected chi connectivity index (χ3v) is 6.37. The smallest absolute Gasteiger partial charge is 0.264 e. The molecule has 1 aliphatic rings. The van der Waals surface area contributed by atoms with Gasteiger partial charge in [0.05, 0.1) is 22.2 Å². The lowest BCUT2D eigenvalue weighted by Gasteiger charge is -2.24. The molecule has 2 aromatic rings. The third kappa shape index (κ3) is 2.40. The van der Waals surface area contributed by atoms with Gasteiger partial charge in [0, 0.05) is 6.04 Å². The van der Waals surface area contributed by atoms with Gasteiger partial charge in [-0.05, 0) is 59.1 Å². The van der Waals surface area contributed by atoms with E-state index in [9.17, 15) is 8.42 Å². The van der Waals surface area contributed by atoms with Crippen LogP contribution in [0.25, 0.3) is 0 Å². The van der Waals surface area contributed by atoms with Crippen molar-refractivity contribution in [2.45, 2.75) is 24.3 Å². The Morgan fingerprint density at radius 2 is 1.95 bits per heavy atom. The van der Waals surface area contributed by atoms with Crippen molar-refractivity contribution in [2.24, 2.45) is 0 Å². The number of halogens is 1. The van der Waals surface area contributed by atoms with Crippen LogP contribution in [-0.4, -0.2) is 21.6 Å². The molecule has 0 bridgehead atoms. The quantitative estimate of drug-likeness (QED) is 0.815. The van der Waals surface area contributed by atoms with Crippen molar-refractivity contribution >= 4 is 31.6 Å². The predicted molar refractivity (Wildman–Crippen MR) is 90.0 cm³/mol. The second-order valence-corrected chi connectivity index (χ2v) is 7.95. The van der Waals surface area contributed by atoms with Crippen LogP contribution in [0.1, 0.15) is 12.5 Å². The summed E-state index contributed by atoms with van der Waals surface area (Å²) in [5.74, 6) is 0.605. The summed E-state index contributed by atoms with van der Waals surface area (Å²) in [6.07, 6.45) is 0.729. The van der Waals surface area contributed by atoms with E-state index < -0.39 is 10.0 Å². The van der Waals surface area contributed by atoms with Gasteiger partial charge in [0.15, 0.2) is 0 Å². The molecule has 0 radical (unpaired) electrons. The normalized spacial score (nSPS) is 17.4. The fourth-order valence-electron chi connectivity index (χ4n) is 2.82. The number of ether oxygens (including phenoxy) is 1. The zero-order chi connectivity index (χ0) is 15.9. The molecule has 0 aromatic heterocycles. The molecule has 1 aliphatic heterocycles. The number of hydrogen-bond donors (Lipinski definition) is 0. The summed E-state index contributed by atoms with van der Waals surface area (Å²) in [5.41, 5.74) is 1.83. The molecule has 0 saturated carbocycles. The molecule has 3 rings (SSSR count). The lowest BCUT2D eigenvalue weighted by atomic mass is 10.1. The Hall–Kier alpha value is -1.53. The maximum atomic E-state index is 13.0. The van der Waals surface area contributed by atoms with Crippen molar-refractivity contribution < 1.29 is 13.2 Å². The Labute approximate surface area is 138 Å². The Morgan fingerprint density at radius 3 is 2.64 bits per heavy atom. The highest BCUT2D eigenvalue weighted by Crippen LogP contribution is 2.37. The molecule has 0 aliphatic carbocycles. The average Bonchev–Trinajstić information content (AvgIpc) is 2.83. The number of para-hydroxylation sites is 1. The molecule has 6 heteroatoms. The van der Waals surface area contributed by atoms with Gasteiger partial charge in [-0.3, -0.25) is 4.31 Å². The van der Waals surface area contributed by atoms with Crippen LogP contribution >= 0.6 is 15.9 Å². The van der Waals surface area contributed by atoms with Gasteiger partial charge in [0.2, 0.25) is 0 Å². The van der Waals surface area contributed by atoms with Crippen molar-refractivity contribution in [3.05, 3.63) is 52.5 Å². The third-order valence-electron chi connectivity index (χ3n) is 3.82. The molecule has 1 heterocycles. The first-order chi connectivity index (χ1) is 10.4. The molecular formula is C16H16BrNO3S. The van der Waals surface area contributed by atoms with E-state index in [2.05, 4.69) is 15.9 Å². The van der Waals surface area contributed by atoms with Crippen molar-refractivity contribution in [1.29, 1.82) is 0 Å². The van der Waals surface area contributed by atoms with Crippen LogP contribution in [0.15, 0.2) is 51.8 Å². The molecule has 2 aromatic carbocycles. The molecule has 0 unspecified atom stereocenters. The lowest BCUT2D eigenvalue weighted by Crippen LogP contribution is -2.35. The minimum atomic E-state index is -3.60. The molecule has 0 spiro atoms. The molecule has 22 heavy (non-hydrogen) atoms. The van der Waals surface area contributed by atoms with Gasteiger partial charge < -0.3 is 4.74 Å². The second-order valence-electron chi connectivity index (χ2n) is 5.28. The Kier molecular flexibility index (Phi) is 3.91. The maximum Gasteiger partial charge on any atom is 0.264 e. The number of anilines is 1. The zero-order valence-corrected chi connectivity index (χ0v) is 14.7. The van der Waals surface area contributed by atoms with Gasteiger partial charge in [-0.1, -0.05) is 18.2 Å². The van der Waals surface area contributed by atoms with Gasteiger partial charge in [-0.25, -0.2) is 8.42 Å². The highest BCUT2D eigenvalue weighted by atomic mass is 79.9. The van der Waals surface area contributed by atoms with Crippen LogP contribution in [0.3, 0.4) is 0 Å². The van der Waals surface area contributed by atoms with Crippen molar-refractivity contribution in [2.75, 3.05) is 11.4 Å². The molecule has 116 valence electrons. The van der Waals surface area contributed by atoms with Crippen LogP contribution in [0.4, 0.5) is 5.69 Å². The summed E-state index contributed by atoms with van der Waals surface area (Å²) in [7, 11) is -2.05. The topological polar surface area (TPSA) is 46.6 Å². The van der Waals surface area contributed by atoms with E-state index in [1.54, 1.807) is 25.3 Å². The molecule has 0 amide bonds. The number of rotatable bonds is 3.